The highest BCUT2D eigenvalue weighted by Crippen LogP contribution is 2.76. The Kier molecular flexibility index (Phi) is 12.1. The molecular formula is C51H74N4O3S. The van der Waals surface area contributed by atoms with Crippen molar-refractivity contribution in [3.8, 4) is 11.9 Å². The summed E-state index contributed by atoms with van der Waals surface area (Å²) >= 11 is 2.11. The van der Waals surface area contributed by atoms with Crippen LogP contribution in [0.1, 0.15) is 138 Å². The summed E-state index contributed by atoms with van der Waals surface area (Å²) < 4.78 is 11.8. The molecule has 59 heavy (non-hydrogen) atoms. The molecule has 5 fully saturated rings. The number of esters is 1. The number of ether oxygens (including phenoxy) is 2. The third-order valence-electron chi connectivity index (χ3n) is 18.5. The van der Waals surface area contributed by atoms with Crippen molar-refractivity contribution in [3.63, 3.8) is 0 Å². The number of carbonyl (C=O) groups is 1. The second-order valence-electron chi connectivity index (χ2n) is 21.3. The average Bonchev–Trinajstić information content (AvgIpc) is 3.61. The monoisotopic (exact) mass is 823 g/mol. The number of pyridine rings is 1. The minimum absolute atomic E-state index is 0.0721. The number of hydrogen-bond donors (Lipinski definition) is 1. The number of nitriles is 1. The Bertz CT molecular complexity index is 1860. The molecule has 2 unspecified atom stereocenters. The van der Waals surface area contributed by atoms with Crippen LogP contribution in [0.25, 0.3) is 0 Å². The molecule has 1 aliphatic heterocycles. The first kappa shape index (κ1) is 43.1. The van der Waals surface area contributed by atoms with E-state index in [2.05, 4.69) is 93.3 Å². The summed E-state index contributed by atoms with van der Waals surface area (Å²) in [4.78, 5) is 20.3. The summed E-state index contributed by atoms with van der Waals surface area (Å²) in [6.45, 7) is 27.1. The molecule has 8 rings (SSSR count). The number of aromatic nitrogens is 1. The largest absolute Gasteiger partial charge is 0.436 e. The summed E-state index contributed by atoms with van der Waals surface area (Å²) in [5.74, 6) is 5.81. The molecule has 2 heterocycles. The molecule has 1 aromatic rings. The van der Waals surface area contributed by atoms with Crippen LogP contribution < -0.4 is 10.1 Å². The van der Waals surface area contributed by atoms with E-state index < -0.39 is 6.29 Å². The first-order valence-electron chi connectivity index (χ1n) is 23.5. The van der Waals surface area contributed by atoms with Crippen molar-refractivity contribution in [2.24, 2.45) is 57.2 Å². The Balaban J connectivity index is 0.967. The molecule has 0 spiro atoms. The van der Waals surface area contributed by atoms with Crippen LogP contribution in [0.4, 0.5) is 0 Å². The maximum Gasteiger partial charge on any atom is 0.312 e. The van der Waals surface area contributed by atoms with E-state index in [1.807, 2.05) is 6.92 Å². The van der Waals surface area contributed by atoms with Gasteiger partial charge in [-0.1, -0.05) is 65.8 Å². The van der Waals surface area contributed by atoms with Crippen LogP contribution in [0, 0.1) is 68.5 Å². The lowest BCUT2D eigenvalue weighted by Crippen LogP contribution is -2.68. The van der Waals surface area contributed by atoms with Crippen molar-refractivity contribution in [3.05, 3.63) is 59.3 Å². The van der Waals surface area contributed by atoms with Crippen LogP contribution in [-0.2, 0) is 9.53 Å². The maximum atomic E-state index is 13.4. The van der Waals surface area contributed by atoms with E-state index in [4.69, 9.17) is 9.47 Å². The van der Waals surface area contributed by atoms with Gasteiger partial charge in [-0.2, -0.15) is 17.0 Å². The van der Waals surface area contributed by atoms with Gasteiger partial charge in [0.2, 0.25) is 12.2 Å². The van der Waals surface area contributed by atoms with E-state index in [9.17, 15) is 10.1 Å². The highest BCUT2D eigenvalue weighted by Gasteiger charge is 2.70. The van der Waals surface area contributed by atoms with Crippen molar-refractivity contribution in [2.75, 3.05) is 37.7 Å². The van der Waals surface area contributed by atoms with Gasteiger partial charge in [-0.25, -0.2) is 4.98 Å². The molecule has 7 aliphatic rings. The van der Waals surface area contributed by atoms with Gasteiger partial charge in [-0.15, -0.1) is 0 Å². The van der Waals surface area contributed by atoms with Gasteiger partial charge in [0.25, 0.3) is 0 Å². The molecule has 0 radical (unpaired) electrons. The first-order valence-corrected chi connectivity index (χ1v) is 24.7. The predicted molar refractivity (Wildman–Crippen MR) is 240 cm³/mol. The zero-order chi connectivity index (χ0) is 41.8. The van der Waals surface area contributed by atoms with E-state index >= 15 is 0 Å². The van der Waals surface area contributed by atoms with Gasteiger partial charge in [-0.3, -0.25) is 4.79 Å². The Labute approximate surface area is 361 Å². The fourth-order valence-corrected chi connectivity index (χ4v) is 16.3. The first-order chi connectivity index (χ1) is 28.2. The highest BCUT2D eigenvalue weighted by molar-refractivity contribution is 7.99. The Morgan fingerprint density at radius 1 is 1.03 bits per heavy atom. The fourth-order valence-electron chi connectivity index (χ4n) is 15.3. The maximum absolute atomic E-state index is 13.4. The molecule has 1 saturated heterocycles. The lowest BCUT2D eigenvalue weighted by atomic mass is 9.33. The number of allylic oxidation sites excluding steroid dienone is 5. The molecule has 0 aromatic carbocycles. The quantitative estimate of drug-likeness (QED) is 0.134. The standard InChI is InChI=1S/C51H74N4O3S/c1-9-43(57-45-37(33-52)11-10-26-53-45)58-46(56)36-14-12-35(13-15-36)39-19-21-48(6)41(47(39,4)5)20-22-50(8)42(48)17-16-40-44-38(34(2)3)18-23-51(44,25-24-49(40,50)7)54-27-28-55-29-31-59-32-30-55/h10-12,19,26,36,38,40-44,54H,2,9,13-18,20-25,27-32H2,1,3-8H3/t36?,38-,40+,41-,42+,43?,44+,48-,49+,50+,51-/m0/s1. The average molecular weight is 823 g/mol. The second-order valence-corrected chi connectivity index (χ2v) is 22.6. The Morgan fingerprint density at radius 2 is 1.83 bits per heavy atom. The third kappa shape index (κ3) is 7.37. The van der Waals surface area contributed by atoms with Crippen LogP contribution in [-0.4, -0.2) is 65.4 Å². The number of nitrogens with one attached hydrogen (secondary N) is 1. The molecular weight excluding hydrogens is 749 g/mol. The smallest absolute Gasteiger partial charge is 0.312 e. The molecule has 322 valence electrons. The van der Waals surface area contributed by atoms with E-state index in [0.717, 1.165) is 37.6 Å². The molecule has 8 heteroatoms. The zero-order valence-corrected chi connectivity index (χ0v) is 38.4. The fraction of sp³-hybridized carbons (Fsp3) is 0.745. The number of nitrogens with zero attached hydrogens (tertiary/aromatic N) is 3. The van der Waals surface area contributed by atoms with Crippen LogP contribution in [0.15, 0.2) is 53.8 Å². The summed E-state index contributed by atoms with van der Waals surface area (Å²) in [5.41, 5.74) is 6.03. The van der Waals surface area contributed by atoms with Crippen molar-refractivity contribution in [1.82, 2.24) is 15.2 Å². The summed E-state index contributed by atoms with van der Waals surface area (Å²) in [6.07, 6.45) is 20.5. The number of rotatable bonds is 11. The Hall–Kier alpha value is -2.60. The van der Waals surface area contributed by atoms with E-state index in [-0.39, 0.29) is 34.1 Å². The second kappa shape index (κ2) is 16.6. The summed E-state index contributed by atoms with van der Waals surface area (Å²) in [6, 6.07) is 5.48. The number of fused-ring (bicyclic) bond motifs is 7. The van der Waals surface area contributed by atoms with Gasteiger partial charge in [-0.05, 0) is 159 Å². The summed E-state index contributed by atoms with van der Waals surface area (Å²) in [5, 5.41) is 13.8. The van der Waals surface area contributed by atoms with Gasteiger partial charge < -0.3 is 19.7 Å². The molecule has 0 bridgehead atoms. The van der Waals surface area contributed by atoms with Crippen LogP contribution in [0.3, 0.4) is 0 Å². The van der Waals surface area contributed by atoms with E-state index in [1.165, 1.54) is 99.2 Å². The molecule has 1 N–H and O–H groups in total. The van der Waals surface area contributed by atoms with Crippen LogP contribution >= 0.6 is 11.8 Å². The highest BCUT2D eigenvalue weighted by atomic mass is 32.2. The van der Waals surface area contributed by atoms with Gasteiger partial charge >= 0.3 is 5.97 Å². The molecule has 0 amide bonds. The van der Waals surface area contributed by atoms with Crippen LogP contribution in [0.2, 0.25) is 0 Å². The topological polar surface area (TPSA) is 87.5 Å². The van der Waals surface area contributed by atoms with Crippen LogP contribution in [0.5, 0.6) is 5.88 Å². The van der Waals surface area contributed by atoms with E-state index in [0.29, 0.717) is 47.0 Å². The Morgan fingerprint density at radius 3 is 2.54 bits per heavy atom. The number of thioether (sulfide) groups is 1. The summed E-state index contributed by atoms with van der Waals surface area (Å²) in [7, 11) is 0. The van der Waals surface area contributed by atoms with Gasteiger partial charge in [0.05, 0.1) is 5.92 Å². The molecule has 7 nitrogen and oxygen atoms in total. The molecule has 6 aliphatic carbocycles. The minimum atomic E-state index is -0.769. The van der Waals surface area contributed by atoms with Crippen molar-refractivity contribution < 1.29 is 14.3 Å². The number of carbonyl (C=O) groups excluding carboxylic acids is 1. The van der Waals surface area contributed by atoms with Crippen molar-refractivity contribution in [2.45, 2.75) is 144 Å². The zero-order valence-electron chi connectivity index (χ0n) is 37.5. The van der Waals surface area contributed by atoms with Gasteiger partial charge in [0, 0.05) is 55.8 Å². The number of hydrogen-bond acceptors (Lipinski definition) is 8. The van der Waals surface area contributed by atoms with Gasteiger partial charge in [0.15, 0.2) is 0 Å². The molecule has 1 aromatic heterocycles. The minimum Gasteiger partial charge on any atom is -0.436 e. The lowest BCUT2D eigenvalue weighted by molar-refractivity contribution is -0.221. The molecule has 11 atom stereocenters. The van der Waals surface area contributed by atoms with Crippen molar-refractivity contribution in [1.29, 1.82) is 5.26 Å². The third-order valence-corrected chi connectivity index (χ3v) is 19.4. The van der Waals surface area contributed by atoms with Crippen molar-refractivity contribution >= 4 is 17.7 Å². The lowest BCUT2D eigenvalue weighted by Gasteiger charge is -2.72. The van der Waals surface area contributed by atoms with Gasteiger partial charge in [0.1, 0.15) is 11.6 Å². The predicted octanol–water partition coefficient (Wildman–Crippen LogP) is 10.9. The molecule has 4 saturated carbocycles. The van der Waals surface area contributed by atoms with E-state index in [1.54, 1.807) is 18.3 Å². The normalized spacial score (nSPS) is 39.5. The SMILES string of the molecule is C=C(C)[C@@H]1CC[C@]2(NCCN3CCSCC3)CC[C@]3(C)[C@H](CC[C@@H]4[C@@]5(C)CC=C(C6=CCC(C(=O)OC(CC)Oc7ncccc7C#N)CC6)C(C)(C)[C@@H]5CC[C@]43C)[C@@H]12.